The number of carbonyl (C=O) groups excluding carboxylic acids is 9. The Morgan fingerprint density at radius 1 is 0.459 bits per heavy atom. The van der Waals surface area contributed by atoms with E-state index in [1.165, 1.54) is 10.8 Å². The molecule has 0 fully saturated rings. The van der Waals surface area contributed by atoms with Crippen LogP contribution in [0.15, 0.2) is 0 Å². The van der Waals surface area contributed by atoms with Crippen LogP contribution in [0.25, 0.3) is 0 Å². The van der Waals surface area contributed by atoms with E-state index in [9.17, 15) is 43.2 Å². The van der Waals surface area contributed by atoms with Crippen LogP contribution in [0.5, 0.6) is 0 Å². The van der Waals surface area contributed by atoms with Crippen LogP contribution in [0.2, 0.25) is 0 Å². The van der Waals surface area contributed by atoms with Gasteiger partial charge in [0.1, 0.15) is 31.2 Å². The maximum atomic E-state index is 13.2. The van der Waals surface area contributed by atoms with E-state index in [-0.39, 0.29) is 94.9 Å². The zero-order valence-electron chi connectivity index (χ0n) is 36.8. The first kappa shape index (κ1) is 56.9. The monoisotopic (exact) mass is 906 g/mol. The number of rotatable bonds is 36. The summed E-state index contributed by atoms with van der Waals surface area (Å²) in [7, 11) is 2.34. The van der Waals surface area contributed by atoms with Gasteiger partial charge in [-0.1, -0.05) is 61.1 Å². The van der Waals surface area contributed by atoms with E-state index >= 15 is 0 Å². The fourth-order valence-electron chi connectivity index (χ4n) is 5.34. The molecule has 0 bridgehead atoms. The van der Waals surface area contributed by atoms with Crippen molar-refractivity contribution >= 4 is 75.0 Å². The first-order valence-electron chi connectivity index (χ1n) is 21.3. The zero-order valence-corrected chi connectivity index (χ0v) is 38.4. The fourth-order valence-corrected chi connectivity index (χ4v) is 7.71. The van der Waals surface area contributed by atoms with E-state index in [2.05, 4.69) is 31.9 Å². The van der Waals surface area contributed by atoms with Crippen LogP contribution in [0.3, 0.4) is 0 Å². The standard InChI is InChI=1S/C40H70N6O13S2/c1-7-13-15-19-32(47)44-28(39(54)58-11-5)18-17-23-41-30(37(52)42-24-35(50)56-9-3)26-60-61-27-31(38(53)43-25-36(51)57-10-4)46-34(49)22-21-29(40(55)59-12-6)45-33(48)20-16-14-8-2/h28-31,41H,7-27H2,1-6H3,(H,42,52)(H,43,53)(H,44,47)(H,45,48)(H,46,49)/t28-,29-,30-,31-/m0/s1. The smallest absolute Gasteiger partial charge is 0.328 e. The Bertz CT molecular complexity index is 1360. The third kappa shape index (κ3) is 28.9. The lowest BCUT2D eigenvalue weighted by atomic mass is 10.1. The number of esters is 4. The highest BCUT2D eigenvalue weighted by molar-refractivity contribution is 8.76. The number of amides is 5. The molecule has 0 saturated heterocycles. The molecule has 19 nitrogen and oxygen atoms in total. The Balaban J connectivity index is 5.77. The summed E-state index contributed by atoms with van der Waals surface area (Å²) in [6.45, 7) is 10.4. The van der Waals surface area contributed by atoms with Gasteiger partial charge < -0.3 is 50.8 Å². The Morgan fingerprint density at radius 2 is 0.869 bits per heavy atom. The molecular formula is C40H70N6O13S2. The number of nitrogens with one attached hydrogen (secondary N) is 6. The van der Waals surface area contributed by atoms with Gasteiger partial charge in [-0.3, -0.25) is 33.6 Å². The second-order valence-electron chi connectivity index (χ2n) is 13.6. The predicted molar refractivity (Wildman–Crippen MR) is 232 cm³/mol. The van der Waals surface area contributed by atoms with Crippen molar-refractivity contribution in [2.24, 2.45) is 0 Å². The molecule has 0 aliphatic heterocycles. The quantitative estimate of drug-likeness (QED) is 0.0227. The second-order valence-corrected chi connectivity index (χ2v) is 16.1. The minimum absolute atomic E-state index is 0.0170. The van der Waals surface area contributed by atoms with Crippen molar-refractivity contribution in [3.63, 3.8) is 0 Å². The van der Waals surface area contributed by atoms with Crippen LogP contribution < -0.4 is 31.9 Å². The van der Waals surface area contributed by atoms with Gasteiger partial charge in [0.15, 0.2) is 0 Å². The summed E-state index contributed by atoms with van der Waals surface area (Å²) in [5.74, 6) is -4.85. The van der Waals surface area contributed by atoms with Crippen LogP contribution in [0, 0.1) is 0 Å². The largest absolute Gasteiger partial charge is 0.465 e. The predicted octanol–water partition coefficient (Wildman–Crippen LogP) is 1.99. The van der Waals surface area contributed by atoms with Gasteiger partial charge in [-0.25, -0.2) is 9.59 Å². The summed E-state index contributed by atoms with van der Waals surface area (Å²) in [4.78, 5) is 114. The van der Waals surface area contributed by atoms with Crippen molar-refractivity contribution in [1.82, 2.24) is 31.9 Å². The van der Waals surface area contributed by atoms with E-state index in [0.717, 1.165) is 36.5 Å². The molecule has 0 rings (SSSR count). The number of carbonyl (C=O) groups is 9. The highest BCUT2D eigenvalue weighted by atomic mass is 33.1. The van der Waals surface area contributed by atoms with Crippen molar-refractivity contribution in [3.05, 3.63) is 0 Å². The zero-order chi connectivity index (χ0) is 45.8. The minimum atomic E-state index is -1.16. The molecule has 0 heterocycles. The highest BCUT2D eigenvalue weighted by Crippen LogP contribution is 2.23. The summed E-state index contributed by atoms with van der Waals surface area (Å²) < 4.78 is 20.0. The minimum Gasteiger partial charge on any atom is -0.465 e. The lowest BCUT2D eigenvalue weighted by Gasteiger charge is -2.21. The molecule has 0 saturated carbocycles. The Morgan fingerprint density at radius 3 is 1.33 bits per heavy atom. The molecule has 0 aliphatic carbocycles. The highest BCUT2D eigenvalue weighted by Gasteiger charge is 2.27. The topological polar surface area (TPSA) is 263 Å². The van der Waals surface area contributed by atoms with Crippen LogP contribution >= 0.6 is 21.6 Å². The van der Waals surface area contributed by atoms with Gasteiger partial charge in [0, 0.05) is 30.8 Å². The molecular weight excluding hydrogens is 837 g/mol. The van der Waals surface area contributed by atoms with Gasteiger partial charge in [-0.2, -0.15) is 0 Å². The number of hydrogen-bond donors (Lipinski definition) is 6. The molecule has 0 aromatic carbocycles. The molecule has 6 N–H and O–H groups in total. The molecule has 61 heavy (non-hydrogen) atoms. The third-order valence-electron chi connectivity index (χ3n) is 8.49. The Hall–Kier alpha value is -4.11. The van der Waals surface area contributed by atoms with Crippen LogP contribution in [0.4, 0.5) is 0 Å². The van der Waals surface area contributed by atoms with E-state index in [0.29, 0.717) is 19.3 Å². The summed E-state index contributed by atoms with van der Waals surface area (Å²) in [6, 6.07) is -3.97. The Labute approximate surface area is 368 Å². The number of hydrogen-bond acceptors (Lipinski definition) is 16. The molecule has 21 heteroatoms. The fraction of sp³-hybridized carbons (Fsp3) is 0.775. The molecule has 0 unspecified atom stereocenters. The van der Waals surface area contributed by atoms with Gasteiger partial charge in [0.2, 0.25) is 29.5 Å². The summed E-state index contributed by atoms with van der Waals surface area (Å²) in [5, 5.41) is 16.1. The van der Waals surface area contributed by atoms with Gasteiger partial charge >= 0.3 is 23.9 Å². The van der Waals surface area contributed by atoms with Crippen molar-refractivity contribution in [2.45, 2.75) is 143 Å². The lowest BCUT2D eigenvalue weighted by Crippen LogP contribution is -2.50. The SMILES string of the molecule is CCCCCC(=O)N[C@@H](CCCN[C@@H](CSSC[C@H](NC(=O)CC[C@H](NC(=O)CCCCC)C(=O)OCC)C(=O)NCC(=O)OCC)C(=O)NCC(=O)OCC)C(=O)OCC. The molecule has 0 aliphatic rings. The van der Waals surface area contributed by atoms with Gasteiger partial charge in [-0.15, -0.1) is 0 Å². The molecule has 0 radical (unpaired) electrons. The Kier molecular flexibility index (Phi) is 34.1. The van der Waals surface area contributed by atoms with E-state index in [4.69, 9.17) is 18.9 Å². The van der Waals surface area contributed by atoms with Crippen molar-refractivity contribution in [1.29, 1.82) is 0 Å². The second kappa shape index (κ2) is 36.5. The lowest BCUT2D eigenvalue weighted by molar-refractivity contribution is -0.148. The third-order valence-corrected chi connectivity index (χ3v) is 10.9. The summed E-state index contributed by atoms with van der Waals surface area (Å²) in [5.41, 5.74) is 0. The van der Waals surface area contributed by atoms with Crippen molar-refractivity contribution in [3.8, 4) is 0 Å². The molecule has 0 aromatic heterocycles. The number of ether oxygens (including phenoxy) is 4. The number of unbranched alkanes of at least 4 members (excludes halogenated alkanes) is 4. The van der Waals surface area contributed by atoms with E-state index < -0.39 is 72.3 Å². The van der Waals surface area contributed by atoms with Gasteiger partial charge in [-0.05, 0) is 66.3 Å². The molecule has 0 aromatic rings. The average Bonchev–Trinajstić information content (AvgIpc) is 3.22. The van der Waals surface area contributed by atoms with Gasteiger partial charge in [0.05, 0.1) is 32.5 Å². The van der Waals surface area contributed by atoms with E-state index in [1.54, 1.807) is 27.7 Å². The molecule has 5 amide bonds. The van der Waals surface area contributed by atoms with Crippen molar-refractivity contribution in [2.75, 3.05) is 57.6 Å². The molecule has 4 atom stereocenters. The van der Waals surface area contributed by atoms with Crippen LogP contribution in [0.1, 0.15) is 119 Å². The maximum absolute atomic E-state index is 13.2. The average molecular weight is 907 g/mol. The maximum Gasteiger partial charge on any atom is 0.328 e. The first-order valence-corrected chi connectivity index (χ1v) is 23.8. The molecule has 350 valence electrons. The van der Waals surface area contributed by atoms with Crippen molar-refractivity contribution < 1.29 is 62.1 Å². The van der Waals surface area contributed by atoms with E-state index in [1.807, 2.05) is 13.8 Å². The normalized spacial score (nSPS) is 12.7. The van der Waals surface area contributed by atoms with Gasteiger partial charge in [0.25, 0.3) is 0 Å². The first-order chi connectivity index (χ1) is 29.3. The summed E-state index contributed by atoms with van der Waals surface area (Å²) >= 11 is 0. The van der Waals surface area contributed by atoms with Crippen LogP contribution in [-0.4, -0.2) is 135 Å². The van der Waals surface area contributed by atoms with Crippen LogP contribution in [-0.2, 0) is 62.1 Å². The summed E-state index contributed by atoms with van der Waals surface area (Å²) in [6.07, 6.45) is 5.68. The molecule has 0 spiro atoms.